The van der Waals surface area contributed by atoms with Crippen LogP contribution in [0.25, 0.3) is 0 Å². The Labute approximate surface area is 106 Å². The van der Waals surface area contributed by atoms with Crippen LogP contribution in [-0.2, 0) is 0 Å². The summed E-state index contributed by atoms with van der Waals surface area (Å²) in [6, 6.07) is 0. The van der Waals surface area contributed by atoms with Gasteiger partial charge in [0.2, 0.25) is 0 Å². The minimum absolute atomic E-state index is 0.607. The molecule has 0 saturated heterocycles. The Hall–Kier alpha value is -0.980. The lowest BCUT2D eigenvalue weighted by molar-refractivity contribution is 0.669. The zero-order valence-corrected chi connectivity index (χ0v) is 11.8. The third kappa shape index (κ3) is 4.07. The van der Waals surface area contributed by atoms with Gasteiger partial charge in [0, 0.05) is 12.1 Å². The van der Waals surface area contributed by atoms with E-state index in [1.54, 1.807) is 5.57 Å². The Morgan fingerprint density at radius 1 is 1.35 bits per heavy atom. The molecular weight excluding hydrogens is 206 g/mol. The molecule has 96 valence electrons. The molecule has 2 N–H and O–H groups in total. The van der Waals surface area contributed by atoms with Crippen molar-refractivity contribution in [3.8, 4) is 0 Å². The molecular formula is C16H27N. The molecule has 1 heteroatoms. The summed E-state index contributed by atoms with van der Waals surface area (Å²) in [7, 11) is 0. The van der Waals surface area contributed by atoms with Crippen LogP contribution in [0.1, 0.15) is 59.8 Å². The van der Waals surface area contributed by atoms with Crippen molar-refractivity contribution in [2.24, 2.45) is 11.7 Å². The summed E-state index contributed by atoms with van der Waals surface area (Å²) in [5, 5.41) is 0. The highest BCUT2D eigenvalue weighted by molar-refractivity contribution is 5.48. The van der Waals surface area contributed by atoms with E-state index in [1.807, 2.05) is 0 Å². The minimum atomic E-state index is 0.607. The van der Waals surface area contributed by atoms with E-state index >= 15 is 0 Å². The van der Waals surface area contributed by atoms with Crippen LogP contribution in [0.5, 0.6) is 0 Å². The van der Waals surface area contributed by atoms with Gasteiger partial charge in [-0.2, -0.15) is 0 Å². The van der Waals surface area contributed by atoms with E-state index in [4.69, 9.17) is 5.73 Å². The largest absolute Gasteiger partial charge is 0.402 e. The molecule has 0 aromatic carbocycles. The van der Waals surface area contributed by atoms with Gasteiger partial charge in [-0.05, 0) is 43.3 Å². The maximum Gasteiger partial charge on any atom is 0.0165 e. The Kier molecular flexibility index (Phi) is 5.54. The predicted molar refractivity (Wildman–Crippen MR) is 76.7 cm³/mol. The Bertz CT molecular complexity index is 345. The summed E-state index contributed by atoms with van der Waals surface area (Å²) in [4.78, 5) is 0. The molecule has 1 nitrogen and oxygen atoms in total. The fourth-order valence-corrected chi connectivity index (χ4v) is 2.42. The zero-order valence-electron chi connectivity index (χ0n) is 11.8. The number of allylic oxidation sites excluding steroid dienone is 6. The maximum absolute atomic E-state index is 5.80. The minimum Gasteiger partial charge on any atom is -0.402 e. The van der Waals surface area contributed by atoms with Crippen LogP contribution in [0.4, 0.5) is 0 Å². The summed E-state index contributed by atoms with van der Waals surface area (Å²) >= 11 is 0. The van der Waals surface area contributed by atoms with E-state index in [1.165, 1.54) is 30.4 Å². The van der Waals surface area contributed by atoms with Gasteiger partial charge in [-0.3, -0.25) is 0 Å². The van der Waals surface area contributed by atoms with Crippen molar-refractivity contribution >= 4 is 0 Å². The van der Waals surface area contributed by atoms with Crippen molar-refractivity contribution in [1.82, 2.24) is 0 Å². The molecule has 0 aromatic rings. The van der Waals surface area contributed by atoms with E-state index in [-0.39, 0.29) is 0 Å². The van der Waals surface area contributed by atoms with Gasteiger partial charge < -0.3 is 5.73 Å². The van der Waals surface area contributed by atoms with Gasteiger partial charge in [0.05, 0.1) is 0 Å². The van der Waals surface area contributed by atoms with Gasteiger partial charge in [0.1, 0.15) is 0 Å². The monoisotopic (exact) mass is 233 g/mol. The quantitative estimate of drug-likeness (QED) is 0.633. The lowest BCUT2D eigenvalue weighted by atomic mass is 9.90. The van der Waals surface area contributed by atoms with E-state index in [9.17, 15) is 0 Å². The first-order valence-corrected chi connectivity index (χ1v) is 6.99. The maximum atomic E-state index is 5.80. The summed E-state index contributed by atoms with van der Waals surface area (Å²) < 4.78 is 0. The molecule has 1 unspecified atom stereocenters. The summed E-state index contributed by atoms with van der Waals surface area (Å²) in [6.45, 7) is 8.96. The lowest BCUT2D eigenvalue weighted by Crippen LogP contribution is -2.01. The number of rotatable bonds is 7. The van der Waals surface area contributed by atoms with E-state index < -0.39 is 0 Å². The van der Waals surface area contributed by atoms with Crippen molar-refractivity contribution in [3.63, 3.8) is 0 Å². The van der Waals surface area contributed by atoms with Crippen molar-refractivity contribution in [3.05, 3.63) is 34.6 Å². The summed E-state index contributed by atoms with van der Waals surface area (Å²) in [5.41, 5.74) is 11.3. The molecule has 1 aliphatic carbocycles. The van der Waals surface area contributed by atoms with Gasteiger partial charge in [0.15, 0.2) is 0 Å². The number of hydrogen-bond donors (Lipinski definition) is 1. The number of nitrogens with two attached hydrogens (primary N) is 1. The molecule has 0 heterocycles. The zero-order chi connectivity index (χ0) is 12.8. The molecule has 0 fully saturated rings. The molecule has 1 atom stereocenters. The lowest BCUT2D eigenvalue weighted by Gasteiger charge is -2.16. The number of hydrogen-bond acceptors (Lipinski definition) is 1. The topological polar surface area (TPSA) is 26.0 Å². The molecule has 17 heavy (non-hydrogen) atoms. The molecule has 0 aromatic heterocycles. The van der Waals surface area contributed by atoms with Crippen LogP contribution in [0.2, 0.25) is 0 Å². The predicted octanol–water partition coefficient (Wildman–Crippen LogP) is 4.71. The molecule has 1 rings (SSSR count). The SMILES string of the molecule is CC/C=C(\CCC)C(/C=C(/C)C1=C(N)C1)CC. The standard InChI is InChI=1S/C16H27N/c1-5-8-14(9-6-2)13(7-3)10-12(4)15-11-16(15)17/h8,10,13H,5-7,9,11,17H2,1-4H3/b12-10-,14-8+. The molecule has 1 aliphatic rings. The Balaban J connectivity index is 2.79. The van der Waals surface area contributed by atoms with Crippen molar-refractivity contribution < 1.29 is 0 Å². The molecule has 0 aliphatic heterocycles. The third-order valence-corrected chi connectivity index (χ3v) is 3.48. The highest BCUT2D eigenvalue weighted by Gasteiger charge is 2.20. The van der Waals surface area contributed by atoms with Crippen LogP contribution in [-0.4, -0.2) is 0 Å². The first-order chi connectivity index (χ1) is 8.13. The highest BCUT2D eigenvalue weighted by Crippen LogP contribution is 2.34. The molecule has 0 amide bonds. The van der Waals surface area contributed by atoms with Crippen molar-refractivity contribution in [1.29, 1.82) is 0 Å². The fourth-order valence-electron chi connectivity index (χ4n) is 2.42. The van der Waals surface area contributed by atoms with Crippen LogP contribution in [0, 0.1) is 5.92 Å². The second kappa shape index (κ2) is 6.68. The first-order valence-electron chi connectivity index (χ1n) is 6.99. The Morgan fingerprint density at radius 3 is 2.41 bits per heavy atom. The highest BCUT2D eigenvalue weighted by atomic mass is 14.6. The normalized spacial score (nSPS) is 18.6. The van der Waals surface area contributed by atoms with Gasteiger partial charge in [-0.1, -0.05) is 44.9 Å². The average Bonchev–Trinajstić information content (AvgIpc) is 3.03. The smallest absolute Gasteiger partial charge is 0.0165 e. The summed E-state index contributed by atoms with van der Waals surface area (Å²) in [5.74, 6) is 0.607. The third-order valence-electron chi connectivity index (χ3n) is 3.48. The van der Waals surface area contributed by atoms with Crippen LogP contribution in [0.15, 0.2) is 34.6 Å². The van der Waals surface area contributed by atoms with E-state index in [0.29, 0.717) is 5.92 Å². The average molecular weight is 233 g/mol. The second-order valence-electron chi connectivity index (χ2n) is 4.98. The second-order valence-corrected chi connectivity index (χ2v) is 4.98. The van der Waals surface area contributed by atoms with Gasteiger partial charge in [-0.15, -0.1) is 0 Å². The first kappa shape index (κ1) is 14.1. The van der Waals surface area contributed by atoms with Crippen LogP contribution >= 0.6 is 0 Å². The molecule has 0 radical (unpaired) electrons. The van der Waals surface area contributed by atoms with E-state index in [2.05, 4.69) is 39.8 Å². The fraction of sp³-hybridized carbons (Fsp3) is 0.625. The van der Waals surface area contributed by atoms with E-state index in [0.717, 1.165) is 18.5 Å². The van der Waals surface area contributed by atoms with Gasteiger partial charge in [-0.25, -0.2) is 0 Å². The summed E-state index contributed by atoms with van der Waals surface area (Å²) in [6.07, 6.45) is 10.7. The van der Waals surface area contributed by atoms with Gasteiger partial charge in [0.25, 0.3) is 0 Å². The Morgan fingerprint density at radius 2 is 2.00 bits per heavy atom. The van der Waals surface area contributed by atoms with Gasteiger partial charge >= 0.3 is 0 Å². The molecule has 0 saturated carbocycles. The van der Waals surface area contributed by atoms with Crippen molar-refractivity contribution in [2.45, 2.75) is 59.8 Å². The van der Waals surface area contributed by atoms with Crippen LogP contribution in [0.3, 0.4) is 0 Å². The van der Waals surface area contributed by atoms with Crippen molar-refractivity contribution in [2.75, 3.05) is 0 Å². The molecule has 0 spiro atoms. The molecule has 0 bridgehead atoms. The van der Waals surface area contributed by atoms with Crippen LogP contribution < -0.4 is 5.73 Å².